The molecule has 1 atom stereocenters. The van der Waals surface area contributed by atoms with Gasteiger partial charge in [0.25, 0.3) is 5.56 Å². The predicted octanol–water partition coefficient (Wildman–Crippen LogP) is 3.65. The molecule has 0 bridgehead atoms. The number of rotatable bonds is 6. The standard InChI is InChI=1S/C24H24N2O4S2/c1-5-29-17-10-7-6-9-16(17)13-19-22(27)26-21(18-11-8-12-31-18)20(23(28)30-14(2)3)15(4)25-24(26)32-19/h6-14,21H,5H2,1-4H3/b19-13+/t21-/m1/s1. The van der Waals surface area contributed by atoms with Gasteiger partial charge in [-0.1, -0.05) is 35.6 Å². The van der Waals surface area contributed by atoms with Crippen LogP contribution in [0.1, 0.15) is 44.2 Å². The van der Waals surface area contributed by atoms with E-state index in [1.807, 2.05) is 54.8 Å². The molecule has 1 aliphatic heterocycles. The summed E-state index contributed by atoms with van der Waals surface area (Å²) in [7, 11) is 0. The summed E-state index contributed by atoms with van der Waals surface area (Å²) in [6, 6.07) is 10.9. The van der Waals surface area contributed by atoms with Crippen LogP contribution in [0.2, 0.25) is 0 Å². The number of benzene rings is 1. The van der Waals surface area contributed by atoms with Crippen LogP contribution in [0.15, 0.2) is 62.8 Å². The molecule has 166 valence electrons. The van der Waals surface area contributed by atoms with Crippen molar-refractivity contribution < 1.29 is 14.3 Å². The maximum absolute atomic E-state index is 13.6. The smallest absolute Gasteiger partial charge is 0.338 e. The van der Waals surface area contributed by atoms with E-state index in [-0.39, 0.29) is 11.7 Å². The number of carbonyl (C=O) groups is 1. The second-order valence-corrected chi connectivity index (χ2v) is 9.51. The normalized spacial score (nSPS) is 16.2. The lowest BCUT2D eigenvalue weighted by atomic mass is 10.0. The van der Waals surface area contributed by atoms with Crippen LogP contribution in [0.4, 0.5) is 0 Å². The first kappa shape index (κ1) is 22.2. The maximum Gasteiger partial charge on any atom is 0.338 e. The number of thiazole rings is 1. The summed E-state index contributed by atoms with van der Waals surface area (Å²) in [5, 5.41) is 1.93. The Morgan fingerprint density at radius 3 is 2.72 bits per heavy atom. The Hall–Kier alpha value is -2.97. The lowest BCUT2D eigenvalue weighted by Gasteiger charge is -2.24. The zero-order valence-electron chi connectivity index (χ0n) is 18.3. The molecule has 6 nitrogen and oxygen atoms in total. The van der Waals surface area contributed by atoms with E-state index in [2.05, 4.69) is 4.99 Å². The first-order chi connectivity index (χ1) is 15.4. The maximum atomic E-state index is 13.6. The highest BCUT2D eigenvalue weighted by Crippen LogP contribution is 2.33. The summed E-state index contributed by atoms with van der Waals surface area (Å²) in [6.07, 6.45) is 1.55. The van der Waals surface area contributed by atoms with E-state index in [0.29, 0.717) is 33.0 Å². The molecule has 4 rings (SSSR count). The Labute approximate surface area is 193 Å². The largest absolute Gasteiger partial charge is 0.493 e. The Kier molecular flexibility index (Phi) is 6.43. The monoisotopic (exact) mass is 468 g/mol. The van der Waals surface area contributed by atoms with Gasteiger partial charge in [-0.3, -0.25) is 9.36 Å². The Morgan fingerprint density at radius 1 is 1.25 bits per heavy atom. The number of fused-ring (bicyclic) bond motifs is 1. The molecule has 0 fully saturated rings. The van der Waals surface area contributed by atoms with Crippen LogP contribution in [0, 0.1) is 0 Å². The summed E-state index contributed by atoms with van der Waals surface area (Å²) >= 11 is 2.80. The average Bonchev–Trinajstić information content (AvgIpc) is 3.37. The van der Waals surface area contributed by atoms with Crippen molar-refractivity contribution in [2.75, 3.05) is 6.61 Å². The molecule has 0 N–H and O–H groups in total. The van der Waals surface area contributed by atoms with E-state index in [9.17, 15) is 9.59 Å². The van der Waals surface area contributed by atoms with Crippen molar-refractivity contribution in [1.29, 1.82) is 0 Å². The molecule has 0 spiro atoms. The number of hydrogen-bond acceptors (Lipinski definition) is 7. The zero-order valence-corrected chi connectivity index (χ0v) is 20.0. The van der Waals surface area contributed by atoms with Gasteiger partial charge < -0.3 is 9.47 Å². The summed E-state index contributed by atoms with van der Waals surface area (Å²) < 4.78 is 13.3. The van der Waals surface area contributed by atoms with Gasteiger partial charge in [-0.2, -0.15) is 0 Å². The Morgan fingerprint density at radius 2 is 2.03 bits per heavy atom. The van der Waals surface area contributed by atoms with Crippen molar-refractivity contribution in [2.24, 2.45) is 4.99 Å². The molecule has 8 heteroatoms. The minimum absolute atomic E-state index is 0.194. The SMILES string of the molecule is CCOc1ccccc1/C=c1/sc2n(c1=O)[C@H](c1cccs1)C(C(=O)OC(C)C)=C(C)N=2. The number of thiophene rings is 1. The van der Waals surface area contributed by atoms with Crippen LogP contribution in [0.25, 0.3) is 6.08 Å². The summed E-state index contributed by atoms with van der Waals surface area (Å²) in [5.41, 5.74) is 1.59. The molecule has 1 aliphatic rings. The minimum Gasteiger partial charge on any atom is -0.493 e. The second kappa shape index (κ2) is 9.26. The molecule has 0 aliphatic carbocycles. The van der Waals surface area contributed by atoms with Gasteiger partial charge in [0.2, 0.25) is 0 Å². The van der Waals surface area contributed by atoms with Gasteiger partial charge in [0.1, 0.15) is 11.8 Å². The minimum atomic E-state index is -0.568. The second-order valence-electron chi connectivity index (χ2n) is 7.52. The molecule has 0 saturated carbocycles. The fraction of sp³-hybridized carbons (Fsp3) is 0.292. The number of para-hydroxylation sites is 1. The fourth-order valence-corrected chi connectivity index (χ4v) is 5.47. The summed E-state index contributed by atoms with van der Waals surface area (Å²) in [6.45, 7) is 7.86. The number of hydrogen-bond donors (Lipinski definition) is 0. The fourth-order valence-electron chi connectivity index (χ4n) is 3.60. The number of allylic oxidation sites excluding steroid dienone is 1. The lowest BCUT2D eigenvalue weighted by molar-refractivity contribution is -0.143. The summed E-state index contributed by atoms with van der Waals surface area (Å²) in [5.74, 6) is 0.267. The molecule has 3 aromatic rings. The third-order valence-corrected chi connectivity index (χ3v) is 6.81. The number of aromatic nitrogens is 1. The van der Waals surface area contributed by atoms with Crippen molar-refractivity contribution in [2.45, 2.75) is 39.8 Å². The Balaban J connectivity index is 1.91. The number of esters is 1. The van der Waals surface area contributed by atoms with E-state index in [1.165, 1.54) is 22.7 Å². The van der Waals surface area contributed by atoms with Crippen LogP contribution in [-0.2, 0) is 9.53 Å². The first-order valence-electron chi connectivity index (χ1n) is 10.4. The number of nitrogens with zero attached hydrogens (tertiary/aromatic N) is 2. The molecular weight excluding hydrogens is 444 g/mol. The van der Waals surface area contributed by atoms with Gasteiger partial charge in [0.05, 0.1) is 28.5 Å². The molecule has 0 saturated heterocycles. The van der Waals surface area contributed by atoms with Crippen LogP contribution in [-0.4, -0.2) is 23.2 Å². The van der Waals surface area contributed by atoms with E-state index < -0.39 is 12.0 Å². The lowest BCUT2D eigenvalue weighted by Crippen LogP contribution is -2.39. The van der Waals surface area contributed by atoms with Crippen molar-refractivity contribution in [3.8, 4) is 5.75 Å². The van der Waals surface area contributed by atoms with Gasteiger partial charge in [0.15, 0.2) is 4.80 Å². The van der Waals surface area contributed by atoms with Gasteiger partial charge >= 0.3 is 5.97 Å². The van der Waals surface area contributed by atoms with Gasteiger partial charge in [-0.15, -0.1) is 11.3 Å². The quantitative estimate of drug-likeness (QED) is 0.518. The van der Waals surface area contributed by atoms with Crippen molar-refractivity contribution in [3.05, 3.63) is 83.2 Å². The molecule has 32 heavy (non-hydrogen) atoms. The third kappa shape index (κ3) is 4.20. The molecular formula is C24H24N2O4S2. The van der Waals surface area contributed by atoms with Crippen LogP contribution < -0.4 is 19.6 Å². The van der Waals surface area contributed by atoms with Crippen LogP contribution >= 0.6 is 22.7 Å². The molecule has 0 unspecified atom stereocenters. The molecule has 2 aromatic heterocycles. The van der Waals surface area contributed by atoms with Crippen LogP contribution in [0.3, 0.4) is 0 Å². The van der Waals surface area contributed by atoms with Gasteiger partial charge in [0, 0.05) is 10.4 Å². The zero-order chi connectivity index (χ0) is 22.8. The van der Waals surface area contributed by atoms with Crippen molar-refractivity contribution in [3.63, 3.8) is 0 Å². The average molecular weight is 469 g/mol. The summed E-state index contributed by atoms with van der Waals surface area (Å²) in [4.78, 5) is 32.6. The Bertz CT molecular complexity index is 1350. The highest BCUT2D eigenvalue weighted by molar-refractivity contribution is 7.10. The van der Waals surface area contributed by atoms with Gasteiger partial charge in [-0.25, -0.2) is 9.79 Å². The van der Waals surface area contributed by atoms with Crippen LogP contribution in [0.5, 0.6) is 5.75 Å². The number of ether oxygens (including phenoxy) is 2. The highest BCUT2D eigenvalue weighted by Gasteiger charge is 2.34. The molecule has 1 aromatic carbocycles. The van der Waals surface area contributed by atoms with E-state index in [0.717, 1.165) is 10.4 Å². The third-order valence-electron chi connectivity index (χ3n) is 4.90. The van der Waals surface area contributed by atoms with E-state index in [1.54, 1.807) is 25.3 Å². The van der Waals surface area contributed by atoms with Crippen molar-refractivity contribution in [1.82, 2.24) is 4.57 Å². The predicted molar refractivity (Wildman–Crippen MR) is 127 cm³/mol. The highest BCUT2D eigenvalue weighted by atomic mass is 32.1. The van der Waals surface area contributed by atoms with E-state index >= 15 is 0 Å². The molecule has 3 heterocycles. The van der Waals surface area contributed by atoms with E-state index in [4.69, 9.17) is 9.47 Å². The molecule has 0 amide bonds. The number of carbonyl (C=O) groups excluding carboxylic acids is 1. The molecule has 0 radical (unpaired) electrons. The van der Waals surface area contributed by atoms with Crippen molar-refractivity contribution >= 4 is 34.7 Å². The first-order valence-corrected chi connectivity index (χ1v) is 12.1. The van der Waals surface area contributed by atoms with Gasteiger partial charge in [-0.05, 0) is 51.3 Å². The topological polar surface area (TPSA) is 69.9 Å².